The monoisotopic (exact) mass is 288 g/mol. The van der Waals surface area contributed by atoms with Gasteiger partial charge in [0.15, 0.2) is 0 Å². The molecule has 0 saturated carbocycles. The predicted molar refractivity (Wildman–Crippen MR) is 87.0 cm³/mol. The number of amides is 1. The lowest BCUT2D eigenvalue weighted by Crippen LogP contribution is -2.36. The van der Waals surface area contributed by atoms with Gasteiger partial charge in [-0.25, -0.2) is 0 Å². The summed E-state index contributed by atoms with van der Waals surface area (Å²) in [5.41, 5.74) is 2.45. The molecule has 1 amide bonds. The Kier molecular flexibility index (Phi) is 5.80. The number of nitrogens with zero attached hydrogens (tertiary/aromatic N) is 1. The summed E-state index contributed by atoms with van der Waals surface area (Å²) in [6, 6.07) is 8.38. The highest BCUT2D eigenvalue weighted by atomic mass is 16.2. The molecule has 0 aliphatic carbocycles. The first-order valence-electron chi connectivity index (χ1n) is 8.06. The van der Waals surface area contributed by atoms with E-state index in [9.17, 15) is 4.79 Å². The van der Waals surface area contributed by atoms with E-state index in [0.717, 1.165) is 13.1 Å². The summed E-state index contributed by atoms with van der Waals surface area (Å²) in [5, 5.41) is 3.44. The molecular formula is C18H28N2O. The van der Waals surface area contributed by atoms with E-state index in [1.165, 1.54) is 24.0 Å². The molecule has 0 spiro atoms. The Balaban J connectivity index is 1.84. The van der Waals surface area contributed by atoms with E-state index < -0.39 is 0 Å². The van der Waals surface area contributed by atoms with Crippen molar-refractivity contribution < 1.29 is 4.79 Å². The zero-order chi connectivity index (χ0) is 15.2. The Bertz CT molecular complexity index is 466. The quantitative estimate of drug-likeness (QED) is 0.903. The topological polar surface area (TPSA) is 32.3 Å². The average molecular weight is 288 g/mol. The van der Waals surface area contributed by atoms with Gasteiger partial charge in [-0.2, -0.15) is 0 Å². The molecule has 0 radical (unpaired) electrons. The zero-order valence-corrected chi connectivity index (χ0v) is 13.6. The minimum atomic E-state index is 0.259. The van der Waals surface area contributed by atoms with Gasteiger partial charge in [0.1, 0.15) is 0 Å². The van der Waals surface area contributed by atoms with Crippen LogP contribution in [0.5, 0.6) is 0 Å². The Morgan fingerprint density at radius 3 is 2.95 bits per heavy atom. The maximum Gasteiger partial charge on any atom is 0.222 e. The van der Waals surface area contributed by atoms with Crippen molar-refractivity contribution in [2.45, 2.75) is 39.7 Å². The fourth-order valence-electron chi connectivity index (χ4n) is 3.13. The molecule has 21 heavy (non-hydrogen) atoms. The molecule has 3 heteroatoms. The lowest BCUT2D eigenvalue weighted by atomic mass is 9.85. The highest BCUT2D eigenvalue weighted by Gasteiger charge is 2.23. The fraction of sp³-hybridized carbons (Fsp3) is 0.611. The summed E-state index contributed by atoms with van der Waals surface area (Å²) in [6.45, 7) is 7.20. The molecule has 1 heterocycles. The molecule has 0 aromatic heterocycles. The fourth-order valence-corrected chi connectivity index (χ4v) is 3.13. The van der Waals surface area contributed by atoms with E-state index in [1.807, 2.05) is 11.9 Å². The van der Waals surface area contributed by atoms with Crippen LogP contribution in [0.4, 0.5) is 0 Å². The molecule has 1 fully saturated rings. The standard InChI is InChI=1S/C18H28N2O/c1-14-6-4-7-16(10-14)13-20(3)18(21)11-15(2)17-8-5-9-19-12-17/h4,6-7,10,15,17,19H,5,8-9,11-13H2,1-3H3. The number of rotatable bonds is 5. The molecule has 2 unspecified atom stereocenters. The van der Waals surface area contributed by atoms with Crippen LogP contribution in [0.1, 0.15) is 37.3 Å². The van der Waals surface area contributed by atoms with Gasteiger partial charge in [-0.15, -0.1) is 0 Å². The molecule has 2 rings (SSSR count). The average Bonchev–Trinajstić information content (AvgIpc) is 2.48. The van der Waals surface area contributed by atoms with E-state index in [-0.39, 0.29) is 5.91 Å². The van der Waals surface area contributed by atoms with Crippen LogP contribution in [-0.4, -0.2) is 30.9 Å². The van der Waals surface area contributed by atoms with Crippen LogP contribution in [0.25, 0.3) is 0 Å². The van der Waals surface area contributed by atoms with Crippen molar-refractivity contribution in [3.05, 3.63) is 35.4 Å². The summed E-state index contributed by atoms with van der Waals surface area (Å²) < 4.78 is 0. The third-order valence-corrected chi connectivity index (χ3v) is 4.56. The minimum absolute atomic E-state index is 0.259. The van der Waals surface area contributed by atoms with Gasteiger partial charge in [0.05, 0.1) is 0 Å². The molecule has 1 saturated heterocycles. The Hall–Kier alpha value is -1.35. The number of hydrogen-bond acceptors (Lipinski definition) is 2. The first-order chi connectivity index (χ1) is 10.1. The Labute approximate surface area is 128 Å². The number of aryl methyl sites for hydroxylation is 1. The second kappa shape index (κ2) is 7.60. The van der Waals surface area contributed by atoms with Gasteiger partial charge >= 0.3 is 0 Å². The van der Waals surface area contributed by atoms with Crippen LogP contribution >= 0.6 is 0 Å². The highest BCUT2D eigenvalue weighted by Crippen LogP contribution is 2.23. The van der Waals surface area contributed by atoms with E-state index in [2.05, 4.69) is 43.4 Å². The molecule has 1 aromatic rings. The largest absolute Gasteiger partial charge is 0.341 e. The highest BCUT2D eigenvalue weighted by molar-refractivity contribution is 5.76. The zero-order valence-electron chi connectivity index (χ0n) is 13.6. The maximum absolute atomic E-state index is 12.4. The normalized spacial score (nSPS) is 20.0. The Morgan fingerprint density at radius 2 is 2.29 bits per heavy atom. The van der Waals surface area contributed by atoms with Crippen molar-refractivity contribution >= 4 is 5.91 Å². The van der Waals surface area contributed by atoms with Gasteiger partial charge < -0.3 is 10.2 Å². The third kappa shape index (κ3) is 4.85. The Morgan fingerprint density at radius 1 is 1.48 bits per heavy atom. The van der Waals surface area contributed by atoms with Crippen molar-refractivity contribution in [3.63, 3.8) is 0 Å². The van der Waals surface area contributed by atoms with E-state index in [4.69, 9.17) is 0 Å². The number of hydrogen-bond donors (Lipinski definition) is 1. The van der Waals surface area contributed by atoms with Crippen LogP contribution in [0.2, 0.25) is 0 Å². The predicted octanol–water partition coefficient (Wildman–Crippen LogP) is 2.98. The summed E-state index contributed by atoms with van der Waals surface area (Å²) >= 11 is 0. The molecule has 1 aromatic carbocycles. The second-order valence-corrected chi connectivity index (χ2v) is 6.53. The lowest BCUT2D eigenvalue weighted by Gasteiger charge is -2.29. The number of nitrogens with one attached hydrogen (secondary N) is 1. The van der Waals surface area contributed by atoms with E-state index in [0.29, 0.717) is 24.8 Å². The molecule has 0 bridgehead atoms. The molecule has 116 valence electrons. The summed E-state index contributed by atoms with van der Waals surface area (Å²) in [4.78, 5) is 14.3. The van der Waals surface area contributed by atoms with Gasteiger partial charge in [0.25, 0.3) is 0 Å². The molecule has 3 nitrogen and oxygen atoms in total. The summed E-state index contributed by atoms with van der Waals surface area (Å²) in [5.74, 6) is 1.37. The second-order valence-electron chi connectivity index (χ2n) is 6.53. The smallest absolute Gasteiger partial charge is 0.222 e. The van der Waals surface area contributed by atoms with E-state index >= 15 is 0 Å². The number of carbonyl (C=O) groups excluding carboxylic acids is 1. The minimum Gasteiger partial charge on any atom is -0.341 e. The first-order valence-corrected chi connectivity index (χ1v) is 8.06. The van der Waals surface area contributed by atoms with Crippen molar-refractivity contribution in [1.82, 2.24) is 10.2 Å². The molecule has 2 atom stereocenters. The first kappa shape index (κ1) is 16.0. The lowest BCUT2D eigenvalue weighted by molar-refractivity contribution is -0.131. The van der Waals surface area contributed by atoms with E-state index in [1.54, 1.807) is 0 Å². The van der Waals surface area contributed by atoms with Gasteiger partial charge in [0.2, 0.25) is 5.91 Å². The molecule has 1 N–H and O–H groups in total. The van der Waals surface area contributed by atoms with Gasteiger partial charge in [-0.1, -0.05) is 36.8 Å². The van der Waals surface area contributed by atoms with Crippen LogP contribution in [-0.2, 0) is 11.3 Å². The number of benzene rings is 1. The van der Waals surface area contributed by atoms with Gasteiger partial charge in [0, 0.05) is 20.0 Å². The van der Waals surface area contributed by atoms with Crippen molar-refractivity contribution in [1.29, 1.82) is 0 Å². The molecular weight excluding hydrogens is 260 g/mol. The molecule has 1 aliphatic heterocycles. The van der Waals surface area contributed by atoms with Crippen LogP contribution in [0, 0.1) is 18.8 Å². The maximum atomic E-state index is 12.4. The van der Waals surface area contributed by atoms with Crippen LogP contribution < -0.4 is 5.32 Å². The van der Waals surface area contributed by atoms with Crippen molar-refractivity contribution in [2.24, 2.45) is 11.8 Å². The van der Waals surface area contributed by atoms with Crippen molar-refractivity contribution in [2.75, 3.05) is 20.1 Å². The van der Waals surface area contributed by atoms with Crippen molar-refractivity contribution in [3.8, 4) is 0 Å². The van der Waals surface area contributed by atoms with Crippen LogP contribution in [0.3, 0.4) is 0 Å². The number of piperidine rings is 1. The van der Waals surface area contributed by atoms with Crippen LogP contribution in [0.15, 0.2) is 24.3 Å². The van der Waals surface area contributed by atoms with Gasteiger partial charge in [-0.05, 0) is 50.3 Å². The molecule has 1 aliphatic rings. The third-order valence-electron chi connectivity index (χ3n) is 4.56. The number of carbonyl (C=O) groups is 1. The van der Waals surface area contributed by atoms with Gasteiger partial charge in [-0.3, -0.25) is 4.79 Å². The SMILES string of the molecule is Cc1cccc(CN(C)C(=O)CC(C)C2CCCNC2)c1. The summed E-state index contributed by atoms with van der Waals surface area (Å²) in [6.07, 6.45) is 3.15. The summed E-state index contributed by atoms with van der Waals surface area (Å²) in [7, 11) is 1.91.